The minimum atomic E-state index is -0.431. The third-order valence-electron chi connectivity index (χ3n) is 5.04. The molecule has 2 amide bonds. The van der Waals surface area contributed by atoms with E-state index in [1.165, 1.54) is 11.8 Å². The summed E-state index contributed by atoms with van der Waals surface area (Å²) in [5, 5.41) is 5.40. The lowest BCUT2D eigenvalue weighted by molar-refractivity contribution is -0.124. The number of benzene rings is 3. The molecule has 1 aliphatic heterocycles. The smallest absolute Gasteiger partial charge is 0.238 e. The molecule has 0 aromatic heterocycles. The molecule has 0 aliphatic carbocycles. The van der Waals surface area contributed by atoms with Crippen molar-refractivity contribution in [3.05, 3.63) is 95.6 Å². The maximum Gasteiger partial charge on any atom is 0.238 e. The van der Waals surface area contributed by atoms with E-state index in [2.05, 4.69) is 10.6 Å². The van der Waals surface area contributed by atoms with Gasteiger partial charge in [-0.05, 0) is 28.8 Å². The van der Waals surface area contributed by atoms with Gasteiger partial charge in [-0.2, -0.15) is 0 Å². The van der Waals surface area contributed by atoms with Crippen LogP contribution in [-0.2, 0) is 34.1 Å². The van der Waals surface area contributed by atoms with Gasteiger partial charge in [-0.3, -0.25) is 9.59 Å². The van der Waals surface area contributed by atoms with Crippen molar-refractivity contribution in [1.29, 1.82) is 0 Å². The Labute approximate surface area is 186 Å². The number of hydrogen-bond acceptors (Lipinski definition) is 4. The molecule has 4 rings (SSSR count). The third-order valence-corrected chi connectivity index (χ3v) is 6.32. The van der Waals surface area contributed by atoms with Crippen LogP contribution in [0.3, 0.4) is 0 Å². The highest BCUT2D eigenvalue weighted by Crippen LogP contribution is 2.36. The quantitative estimate of drug-likeness (QED) is 0.549. The van der Waals surface area contributed by atoms with Crippen LogP contribution in [0.5, 0.6) is 0 Å². The van der Waals surface area contributed by atoms with Crippen molar-refractivity contribution in [3.8, 4) is 0 Å². The Morgan fingerprint density at radius 2 is 1.61 bits per heavy atom. The fourth-order valence-electron chi connectivity index (χ4n) is 3.39. The van der Waals surface area contributed by atoms with Crippen molar-refractivity contribution in [2.24, 2.45) is 0 Å². The summed E-state index contributed by atoms with van der Waals surface area (Å²) in [5.74, 6) is -0.277. The number of hydrogen-bond donors (Lipinski definition) is 2. The summed E-state index contributed by atoms with van der Waals surface area (Å²) in [4.78, 5) is 25.8. The molecule has 3 aromatic rings. The maximum atomic E-state index is 12.5. The standard InChI is InChI=1S/C25H24N2O3S/c28-24(14-23-25(29)27-21-12-6-7-13-22(21)31-23)26-15-19-10-4-5-11-20(19)17-30-16-18-8-2-1-3-9-18/h1-13,23H,14-17H2,(H,26,28)(H,27,29). The second-order valence-electron chi connectivity index (χ2n) is 7.32. The van der Waals surface area contributed by atoms with E-state index in [1.807, 2.05) is 78.9 Å². The predicted molar refractivity (Wildman–Crippen MR) is 123 cm³/mol. The number of nitrogens with one attached hydrogen (secondary N) is 2. The fourth-order valence-corrected chi connectivity index (χ4v) is 4.50. The Bertz CT molecular complexity index is 1060. The zero-order valence-electron chi connectivity index (χ0n) is 17.0. The minimum absolute atomic E-state index is 0.131. The summed E-state index contributed by atoms with van der Waals surface area (Å²) in [7, 11) is 0. The van der Waals surface area contributed by atoms with E-state index < -0.39 is 5.25 Å². The van der Waals surface area contributed by atoms with E-state index in [-0.39, 0.29) is 18.2 Å². The number of para-hydroxylation sites is 1. The highest BCUT2D eigenvalue weighted by atomic mass is 32.2. The van der Waals surface area contributed by atoms with E-state index in [1.54, 1.807) is 0 Å². The lowest BCUT2D eigenvalue weighted by atomic mass is 10.1. The number of amides is 2. The summed E-state index contributed by atoms with van der Waals surface area (Å²) in [5.41, 5.74) is 3.98. The predicted octanol–water partition coefficient (Wildman–Crippen LogP) is 4.52. The minimum Gasteiger partial charge on any atom is -0.372 e. The average Bonchev–Trinajstić information content (AvgIpc) is 2.79. The summed E-state index contributed by atoms with van der Waals surface area (Å²) in [6.45, 7) is 1.41. The molecule has 0 saturated heterocycles. The molecule has 0 fully saturated rings. The monoisotopic (exact) mass is 432 g/mol. The van der Waals surface area contributed by atoms with Gasteiger partial charge in [0.1, 0.15) is 0 Å². The van der Waals surface area contributed by atoms with Crippen LogP contribution in [0.1, 0.15) is 23.1 Å². The van der Waals surface area contributed by atoms with E-state index in [0.29, 0.717) is 19.8 Å². The second kappa shape index (κ2) is 10.3. The summed E-state index contributed by atoms with van der Waals surface area (Å²) in [6.07, 6.45) is 0.136. The van der Waals surface area contributed by atoms with Crippen LogP contribution < -0.4 is 10.6 Å². The molecule has 5 nitrogen and oxygen atoms in total. The number of anilines is 1. The van der Waals surface area contributed by atoms with Gasteiger partial charge in [-0.1, -0.05) is 66.7 Å². The van der Waals surface area contributed by atoms with E-state index in [9.17, 15) is 9.59 Å². The number of thioether (sulfide) groups is 1. The number of fused-ring (bicyclic) bond motifs is 1. The van der Waals surface area contributed by atoms with Crippen LogP contribution in [0.4, 0.5) is 5.69 Å². The summed E-state index contributed by atoms with van der Waals surface area (Å²) < 4.78 is 5.85. The van der Waals surface area contributed by atoms with Gasteiger partial charge in [0.2, 0.25) is 11.8 Å². The molecule has 6 heteroatoms. The van der Waals surface area contributed by atoms with Crippen LogP contribution >= 0.6 is 11.8 Å². The van der Waals surface area contributed by atoms with Gasteiger partial charge in [0.15, 0.2) is 0 Å². The number of rotatable bonds is 8. The number of carbonyl (C=O) groups is 2. The normalized spacial score (nSPS) is 15.1. The molecule has 1 unspecified atom stereocenters. The topological polar surface area (TPSA) is 67.4 Å². The van der Waals surface area contributed by atoms with E-state index in [4.69, 9.17) is 4.74 Å². The van der Waals surface area contributed by atoms with Crippen molar-refractivity contribution in [2.45, 2.75) is 36.3 Å². The molecule has 2 N–H and O–H groups in total. The van der Waals surface area contributed by atoms with Crippen LogP contribution in [0.2, 0.25) is 0 Å². The molecule has 0 saturated carbocycles. The summed E-state index contributed by atoms with van der Waals surface area (Å²) in [6, 6.07) is 25.6. The number of carbonyl (C=O) groups excluding carboxylic acids is 2. The highest BCUT2D eigenvalue weighted by Gasteiger charge is 2.28. The first-order valence-electron chi connectivity index (χ1n) is 10.2. The Hall–Kier alpha value is -3.09. The first kappa shape index (κ1) is 21.2. The van der Waals surface area contributed by atoms with Gasteiger partial charge >= 0.3 is 0 Å². The molecule has 1 atom stereocenters. The largest absolute Gasteiger partial charge is 0.372 e. The molecule has 158 valence electrons. The van der Waals surface area contributed by atoms with Crippen LogP contribution in [0.15, 0.2) is 83.8 Å². The summed E-state index contributed by atoms with van der Waals surface area (Å²) >= 11 is 1.43. The Morgan fingerprint density at radius 1 is 0.903 bits per heavy atom. The zero-order valence-corrected chi connectivity index (χ0v) is 17.9. The molecule has 0 radical (unpaired) electrons. The maximum absolute atomic E-state index is 12.5. The third kappa shape index (κ3) is 5.75. The Balaban J connectivity index is 1.29. The SMILES string of the molecule is O=C(CC1Sc2ccccc2NC1=O)NCc1ccccc1COCc1ccccc1. The van der Waals surface area contributed by atoms with Crippen LogP contribution in [0.25, 0.3) is 0 Å². The molecule has 1 aliphatic rings. The van der Waals surface area contributed by atoms with Gasteiger partial charge in [0.05, 0.1) is 24.2 Å². The average molecular weight is 433 g/mol. The van der Waals surface area contributed by atoms with Crippen molar-refractivity contribution in [1.82, 2.24) is 5.32 Å². The first-order valence-corrected chi connectivity index (χ1v) is 11.1. The second-order valence-corrected chi connectivity index (χ2v) is 8.56. The fraction of sp³-hybridized carbons (Fsp3) is 0.200. The molecular formula is C25H24N2O3S. The van der Waals surface area contributed by atoms with E-state index >= 15 is 0 Å². The highest BCUT2D eigenvalue weighted by molar-refractivity contribution is 8.01. The zero-order chi connectivity index (χ0) is 21.5. The van der Waals surface area contributed by atoms with E-state index in [0.717, 1.165) is 27.3 Å². The van der Waals surface area contributed by atoms with Crippen molar-refractivity contribution >= 4 is 29.3 Å². The molecule has 3 aromatic carbocycles. The van der Waals surface area contributed by atoms with Crippen LogP contribution in [-0.4, -0.2) is 17.1 Å². The molecule has 31 heavy (non-hydrogen) atoms. The van der Waals surface area contributed by atoms with Crippen molar-refractivity contribution < 1.29 is 14.3 Å². The number of ether oxygens (including phenoxy) is 1. The lowest BCUT2D eigenvalue weighted by Crippen LogP contribution is -2.34. The Morgan fingerprint density at radius 3 is 2.45 bits per heavy atom. The lowest BCUT2D eigenvalue weighted by Gasteiger charge is -2.23. The Kier molecular flexibility index (Phi) is 7.02. The van der Waals surface area contributed by atoms with Crippen molar-refractivity contribution in [3.63, 3.8) is 0 Å². The van der Waals surface area contributed by atoms with Crippen LogP contribution in [0, 0.1) is 0 Å². The first-order chi connectivity index (χ1) is 15.2. The van der Waals surface area contributed by atoms with Gasteiger partial charge < -0.3 is 15.4 Å². The molecule has 0 bridgehead atoms. The molecule has 0 spiro atoms. The van der Waals surface area contributed by atoms with Gasteiger partial charge in [0, 0.05) is 17.9 Å². The van der Waals surface area contributed by atoms with Gasteiger partial charge in [-0.25, -0.2) is 0 Å². The van der Waals surface area contributed by atoms with Gasteiger partial charge in [-0.15, -0.1) is 11.8 Å². The molecular weight excluding hydrogens is 408 g/mol. The van der Waals surface area contributed by atoms with Crippen molar-refractivity contribution in [2.75, 3.05) is 5.32 Å². The van der Waals surface area contributed by atoms with Gasteiger partial charge in [0.25, 0.3) is 0 Å². The molecule has 1 heterocycles.